The molecule has 0 saturated carbocycles. The minimum atomic E-state index is -0.840. The largest absolute Gasteiger partial charge is 0.461 e. The highest BCUT2D eigenvalue weighted by molar-refractivity contribution is 5.96. The fraction of sp³-hybridized carbons (Fsp3) is 0.286. The molecule has 0 radical (unpaired) electrons. The number of aromatic nitrogens is 1. The van der Waals surface area contributed by atoms with Gasteiger partial charge >= 0.3 is 12.0 Å². The highest BCUT2D eigenvalue weighted by Gasteiger charge is 2.18. The van der Waals surface area contributed by atoms with Gasteiger partial charge in [-0.3, -0.25) is 5.32 Å². The van der Waals surface area contributed by atoms with E-state index >= 15 is 0 Å². The van der Waals surface area contributed by atoms with Gasteiger partial charge in [-0.2, -0.15) is 0 Å². The molecule has 0 aliphatic rings. The Hall–Kier alpha value is -2.05. The number of hydrogen-bond donors (Lipinski definition) is 2. The van der Waals surface area contributed by atoms with E-state index in [9.17, 15) is 9.59 Å². The van der Waals surface area contributed by atoms with Gasteiger partial charge in [-0.05, 0) is 6.92 Å². The van der Waals surface area contributed by atoms with Crippen molar-refractivity contribution in [3.05, 3.63) is 12.1 Å². The molecule has 14 heavy (non-hydrogen) atoms. The molecule has 1 heterocycles. The lowest BCUT2D eigenvalue weighted by molar-refractivity contribution is 0.0521. The average molecular weight is 199 g/mol. The van der Waals surface area contributed by atoms with Crippen LogP contribution in [0.15, 0.2) is 10.8 Å². The molecule has 0 spiro atoms. The van der Waals surface area contributed by atoms with E-state index < -0.39 is 12.0 Å². The summed E-state index contributed by atoms with van der Waals surface area (Å²) in [5.41, 5.74) is 4.73. The number of carbonyl (C=O) groups is 2. The van der Waals surface area contributed by atoms with E-state index in [2.05, 4.69) is 15.0 Å². The summed E-state index contributed by atoms with van der Waals surface area (Å²) in [5, 5.41) is 2.10. The van der Waals surface area contributed by atoms with E-state index in [4.69, 9.17) is 10.2 Å². The van der Waals surface area contributed by atoms with E-state index in [-0.39, 0.29) is 18.2 Å². The van der Waals surface area contributed by atoms with Gasteiger partial charge in [-0.15, -0.1) is 0 Å². The van der Waals surface area contributed by atoms with Gasteiger partial charge in [0.05, 0.1) is 6.61 Å². The number of urea groups is 1. The number of primary amides is 1. The van der Waals surface area contributed by atoms with Crippen LogP contribution in [-0.2, 0) is 4.74 Å². The van der Waals surface area contributed by atoms with Crippen LogP contribution in [0.25, 0.3) is 0 Å². The number of nitrogens with zero attached hydrogens (tertiary/aromatic N) is 1. The van der Waals surface area contributed by atoms with Gasteiger partial charge in [0, 0.05) is 0 Å². The molecule has 0 saturated heterocycles. The topological polar surface area (TPSA) is 107 Å². The zero-order valence-electron chi connectivity index (χ0n) is 7.44. The normalized spacial score (nSPS) is 9.50. The molecule has 0 aromatic carbocycles. The number of rotatable bonds is 3. The van der Waals surface area contributed by atoms with Gasteiger partial charge in [0.15, 0.2) is 6.39 Å². The Morgan fingerprint density at radius 2 is 2.43 bits per heavy atom. The molecule has 1 aromatic heterocycles. The van der Waals surface area contributed by atoms with Crippen LogP contribution < -0.4 is 11.1 Å². The molecule has 0 bridgehead atoms. The summed E-state index contributed by atoms with van der Waals surface area (Å²) in [6.07, 6.45) is 1.01. The molecule has 2 amide bonds. The third kappa shape index (κ3) is 2.22. The van der Waals surface area contributed by atoms with Crippen molar-refractivity contribution < 1.29 is 18.7 Å². The van der Waals surface area contributed by atoms with Crippen LogP contribution in [0.5, 0.6) is 0 Å². The maximum absolute atomic E-state index is 11.2. The number of esters is 1. The van der Waals surface area contributed by atoms with Crippen molar-refractivity contribution in [1.29, 1.82) is 0 Å². The molecule has 0 unspecified atom stereocenters. The molecule has 1 aromatic rings. The molecule has 7 nitrogen and oxygen atoms in total. The highest BCUT2D eigenvalue weighted by Crippen LogP contribution is 2.13. The van der Waals surface area contributed by atoms with Gasteiger partial charge in [-0.1, -0.05) is 0 Å². The number of amides is 2. The van der Waals surface area contributed by atoms with Crippen molar-refractivity contribution in [3.63, 3.8) is 0 Å². The number of carbonyl (C=O) groups excluding carboxylic acids is 2. The molecule has 0 atom stereocenters. The third-order valence-electron chi connectivity index (χ3n) is 1.27. The first-order valence-electron chi connectivity index (χ1n) is 3.82. The second-order valence-electron chi connectivity index (χ2n) is 2.24. The van der Waals surface area contributed by atoms with Crippen LogP contribution in [0.3, 0.4) is 0 Å². The molecule has 7 heteroatoms. The first kappa shape index (κ1) is 10.0. The first-order chi connectivity index (χ1) is 6.65. The molecule has 0 fully saturated rings. The summed E-state index contributed by atoms with van der Waals surface area (Å²) in [4.78, 5) is 25.2. The number of oxazole rings is 1. The van der Waals surface area contributed by atoms with Gasteiger partial charge < -0.3 is 14.9 Å². The van der Waals surface area contributed by atoms with Crippen LogP contribution in [-0.4, -0.2) is 23.6 Å². The molecule has 3 N–H and O–H groups in total. The van der Waals surface area contributed by atoms with Crippen molar-refractivity contribution in [2.75, 3.05) is 11.9 Å². The summed E-state index contributed by atoms with van der Waals surface area (Å²) < 4.78 is 9.37. The van der Waals surface area contributed by atoms with Crippen LogP contribution >= 0.6 is 0 Å². The van der Waals surface area contributed by atoms with Gasteiger partial charge in [0.25, 0.3) is 0 Å². The molecule has 0 aliphatic carbocycles. The van der Waals surface area contributed by atoms with Crippen LogP contribution in [0, 0.1) is 0 Å². The third-order valence-corrected chi connectivity index (χ3v) is 1.27. The lowest BCUT2D eigenvalue weighted by atomic mass is 10.4. The van der Waals surface area contributed by atoms with Crippen molar-refractivity contribution >= 4 is 17.9 Å². The second-order valence-corrected chi connectivity index (χ2v) is 2.24. The lowest BCUT2D eigenvalue weighted by Gasteiger charge is -2.00. The minimum Gasteiger partial charge on any atom is -0.461 e. The predicted octanol–water partition coefficient (Wildman–Crippen LogP) is 0.342. The predicted molar refractivity (Wildman–Crippen MR) is 45.7 cm³/mol. The fourth-order valence-electron chi connectivity index (χ4n) is 0.792. The Kier molecular flexibility index (Phi) is 3.05. The zero-order valence-corrected chi connectivity index (χ0v) is 7.44. The SMILES string of the molecule is CCOC(=O)c1ncoc1NC(N)=O. The maximum atomic E-state index is 11.2. The first-order valence-corrected chi connectivity index (χ1v) is 3.82. The average Bonchev–Trinajstić information content (AvgIpc) is 2.51. The number of hydrogen-bond acceptors (Lipinski definition) is 5. The Morgan fingerprint density at radius 3 is 3.00 bits per heavy atom. The Morgan fingerprint density at radius 1 is 1.71 bits per heavy atom. The monoisotopic (exact) mass is 199 g/mol. The fourth-order valence-corrected chi connectivity index (χ4v) is 0.792. The van der Waals surface area contributed by atoms with E-state index in [1.807, 2.05) is 0 Å². The minimum absolute atomic E-state index is 0.106. The summed E-state index contributed by atoms with van der Waals surface area (Å²) in [6.45, 7) is 1.86. The summed E-state index contributed by atoms with van der Waals surface area (Å²) in [7, 11) is 0. The number of ether oxygens (including phenoxy) is 1. The molecule has 0 aliphatic heterocycles. The maximum Gasteiger partial charge on any atom is 0.362 e. The smallest absolute Gasteiger partial charge is 0.362 e. The molecule has 76 valence electrons. The Labute approximate surface area is 79.2 Å². The number of nitrogens with two attached hydrogens (primary N) is 1. The van der Waals surface area contributed by atoms with Gasteiger partial charge in [-0.25, -0.2) is 14.6 Å². The highest BCUT2D eigenvalue weighted by atomic mass is 16.5. The molecular formula is C7H9N3O4. The van der Waals surface area contributed by atoms with E-state index in [0.29, 0.717) is 0 Å². The zero-order chi connectivity index (χ0) is 10.6. The second kappa shape index (κ2) is 4.26. The quantitative estimate of drug-likeness (QED) is 0.682. The van der Waals surface area contributed by atoms with E-state index in [0.717, 1.165) is 6.39 Å². The summed E-state index contributed by atoms with van der Waals surface area (Å²) in [5.74, 6) is -0.791. The van der Waals surface area contributed by atoms with Crippen LogP contribution in [0.4, 0.5) is 10.7 Å². The number of nitrogens with one attached hydrogen (secondary N) is 1. The van der Waals surface area contributed by atoms with Crippen LogP contribution in [0.1, 0.15) is 17.4 Å². The Bertz CT molecular complexity index is 346. The summed E-state index contributed by atoms with van der Waals surface area (Å²) in [6, 6.07) is -0.840. The van der Waals surface area contributed by atoms with Crippen molar-refractivity contribution in [2.24, 2.45) is 5.73 Å². The van der Waals surface area contributed by atoms with E-state index in [1.54, 1.807) is 6.92 Å². The molecular weight excluding hydrogens is 190 g/mol. The standard InChI is InChI=1S/C7H9N3O4/c1-2-13-6(11)4-5(10-7(8)12)14-3-9-4/h3H,2H2,1H3,(H3,8,10,12). The van der Waals surface area contributed by atoms with Crippen LogP contribution in [0.2, 0.25) is 0 Å². The van der Waals surface area contributed by atoms with Gasteiger partial charge in [0.1, 0.15) is 0 Å². The lowest BCUT2D eigenvalue weighted by Crippen LogP contribution is -2.20. The number of anilines is 1. The van der Waals surface area contributed by atoms with Gasteiger partial charge in [0.2, 0.25) is 11.6 Å². The van der Waals surface area contributed by atoms with Crippen molar-refractivity contribution in [1.82, 2.24) is 4.98 Å². The van der Waals surface area contributed by atoms with Crippen molar-refractivity contribution in [2.45, 2.75) is 6.92 Å². The Balaban J connectivity index is 2.81. The molecule has 1 rings (SSSR count). The van der Waals surface area contributed by atoms with E-state index in [1.165, 1.54) is 0 Å². The summed E-state index contributed by atoms with van der Waals surface area (Å²) >= 11 is 0. The van der Waals surface area contributed by atoms with Crippen molar-refractivity contribution in [3.8, 4) is 0 Å².